The molecule has 0 bridgehead atoms. The number of anilines is 2. The fourth-order valence-corrected chi connectivity index (χ4v) is 2.20. The van der Waals surface area contributed by atoms with Gasteiger partial charge in [0.15, 0.2) is 0 Å². The molecule has 0 aromatic carbocycles. The van der Waals surface area contributed by atoms with Crippen LogP contribution in [-0.4, -0.2) is 46.5 Å². The van der Waals surface area contributed by atoms with Gasteiger partial charge in [0.1, 0.15) is 5.82 Å². The summed E-state index contributed by atoms with van der Waals surface area (Å²) in [6, 6.07) is 5.84. The lowest BCUT2D eigenvalue weighted by molar-refractivity contribution is 0.316. The maximum absolute atomic E-state index is 6.09. The molecule has 0 fully saturated rings. The number of hydrogen-bond acceptors (Lipinski definition) is 5. The fraction of sp³-hybridized carbons (Fsp3) is 0.375. The molecule has 0 saturated carbocycles. The summed E-state index contributed by atoms with van der Waals surface area (Å²) in [7, 11) is 0. The Morgan fingerprint density at radius 1 is 1.14 bits per heavy atom. The van der Waals surface area contributed by atoms with E-state index in [9.17, 15) is 0 Å². The standard InChI is InChI=1S/C16H23N5.H2O/c1-3-21(4-2)10-9-19-16-15(17)11-14(12-20-16)13-5-7-18-8-6-13;/h5-8,11-12H,3-4,9-10,17H2,1-2H3,(H,19,20);1H2. The second-order valence-corrected chi connectivity index (χ2v) is 4.85. The monoisotopic (exact) mass is 303 g/mol. The Morgan fingerprint density at radius 2 is 1.82 bits per heavy atom. The summed E-state index contributed by atoms with van der Waals surface area (Å²) in [5.41, 5.74) is 8.83. The molecule has 0 unspecified atom stereocenters. The van der Waals surface area contributed by atoms with Crippen LogP contribution in [0.25, 0.3) is 11.1 Å². The molecule has 22 heavy (non-hydrogen) atoms. The van der Waals surface area contributed by atoms with Crippen LogP contribution in [0.4, 0.5) is 11.5 Å². The lowest BCUT2D eigenvalue weighted by atomic mass is 10.1. The summed E-state index contributed by atoms with van der Waals surface area (Å²) >= 11 is 0. The van der Waals surface area contributed by atoms with Crippen molar-refractivity contribution < 1.29 is 5.48 Å². The SMILES string of the molecule is CCN(CC)CCNc1ncc(-c2ccncc2)cc1N.O. The van der Waals surface area contributed by atoms with Crippen molar-refractivity contribution in [2.24, 2.45) is 0 Å². The molecule has 2 aromatic heterocycles. The van der Waals surface area contributed by atoms with Crippen LogP contribution in [0.2, 0.25) is 0 Å². The first kappa shape index (κ1) is 17.9. The van der Waals surface area contributed by atoms with Gasteiger partial charge in [0.2, 0.25) is 0 Å². The third kappa shape index (κ3) is 4.68. The van der Waals surface area contributed by atoms with E-state index in [0.717, 1.165) is 43.1 Å². The minimum Gasteiger partial charge on any atom is -0.412 e. The lowest BCUT2D eigenvalue weighted by Gasteiger charge is -2.18. The number of rotatable bonds is 7. The molecule has 0 amide bonds. The molecule has 0 saturated heterocycles. The Bertz CT molecular complexity index is 558. The first-order valence-electron chi connectivity index (χ1n) is 7.36. The lowest BCUT2D eigenvalue weighted by Crippen LogP contribution is -2.28. The fourth-order valence-electron chi connectivity index (χ4n) is 2.20. The Hall–Kier alpha value is -2.18. The molecule has 0 atom stereocenters. The van der Waals surface area contributed by atoms with E-state index in [2.05, 4.69) is 34.0 Å². The van der Waals surface area contributed by atoms with Gasteiger partial charge in [-0.2, -0.15) is 0 Å². The van der Waals surface area contributed by atoms with E-state index in [0.29, 0.717) is 5.69 Å². The summed E-state index contributed by atoms with van der Waals surface area (Å²) in [5.74, 6) is 0.750. The van der Waals surface area contributed by atoms with Crippen molar-refractivity contribution >= 4 is 11.5 Å². The van der Waals surface area contributed by atoms with E-state index >= 15 is 0 Å². The Kier molecular flexibility index (Phi) is 7.28. The summed E-state index contributed by atoms with van der Waals surface area (Å²) in [4.78, 5) is 10.8. The van der Waals surface area contributed by atoms with E-state index in [1.165, 1.54) is 0 Å². The molecule has 120 valence electrons. The van der Waals surface area contributed by atoms with Crippen LogP contribution in [-0.2, 0) is 0 Å². The molecule has 6 nitrogen and oxygen atoms in total. The number of nitrogens with one attached hydrogen (secondary N) is 1. The highest BCUT2D eigenvalue weighted by atomic mass is 16.0. The third-order valence-electron chi connectivity index (χ3n) is 3.55. The summed E-state index contributed by atoms with van der Waals surface area (Å²) in [5, 5.41) is 3.30. The highest BCUT2D eigenvalue weighted by Gasteiger charge is 2.05. The van der Waals surface area contributed by atoms with Crippen molar-refractivity contribution in [1.82, 2.24) is 14.9 Å². The highest BCUT2D eigenvalue weighted by molar-refractivity contribution is 5.72. The van der Waals surface area contributed by atoms with Gasteiger partial charge < -0.3 is 21.4 Å². The number of pyridine rings is 2. The van der Waals surface area contributed by atoms with Crippen LogP contribution >= 0.6 is 0 Å². The van der Waals surface area contributed by atoms with Gasteiger partial charge in [0.25, 0.3) is 0 Å². The number of likely N-dealkylation sites (N-methyl/N-ethyl adjacent to an activating group) is 1. The minimum absolute atomic E-state index is 0. The molecule has 5 N–H and O–H groups in total. The van der Waals surface area contributed by atoms with Crippen LogP contribution in [0, 0.1) is 0 Å². The smallest absolute Gasteiger partial charge is 0.149 e. The van der Waals surface area contributed by atoms with E-state index in [1.54, 1.807) is 12.4 Å². The second-order valence-electron chi connectivity index (χ2n) is 4.85. The number of hydrogen-bond donors (Lipinski definition) is 2. The average Bonchev–Trinajstić information content (AvgIpc) is 2.53. The number of nitrogens with two attached hydrogens (primary N) is 1. The quantitative estimate of drug-likeness (QED) is 0.810. The van der Waals surface area contributed by atoms with Crippen LogP contribution in [0.1, 0.15) is 13.8 Å². The van der Waals surface area contributed by atoms with Crippen molar-refractivity contribution in [3.63, 3.8) is 0 Å². The van der Waals surface area contributed by atoms with Gasteiger partial charge in [-0.25, -0.2) is 4.98 Å². The van der Waals surface area contributed by atoms with Crippen LogP contribution < -0.4 is 11.1 Å². The van der Waals surface area contributed by atoms with Gasteiger partial charge in [0, 0.05) is 37.2 Å². The Labute approximate surface area is 131 Å². The van der Waals surface area contributed by atoms with E-state index in [4.69, 9.17) is 5.73 Å². The predicted molar refractivity (Wildman–Crippen MR) is 91.8 cm³/mol. The Balaban J connectivity index is 0.00000242. The van der Waals surface area contributed by atoms with Gasteiger partial charge in [-0.15, -0.1) is 0 Å². The molecule has 0 radical (unpaired) electrons. The summed E-state index contributed by atoms with van der Waals surface area (Å²) in [6.45, 7) is 8.27. The molecule has 0 aliphatic heterocycles. The van der Waals surface area contributed by atoms with E-state index in [1.807, 2.05) is 24.4 Å². The predicted octanol–water partition coefficient (Wildman–Crippen LogP) is 1.65. The summed E-state index contributed by atoms with van der Waals surface area (Å²) < 4.78 is 0. The molecule has 0 aliphatic rings. The largest absolute Gasteiger partial charge is 0.412 e. The highest BCUT2D eigenvalue weighted by Crippen LogP contribution is 2.23. The van der Waals surface area contributed by atoms with Crippen molar-refractivity contribution in [1.29, 1.82) is 0 Å². The first-order chi connectivity index (χ1) is 10.2. The first-order valence-corrected chi connectivity index (χ1v) is 7.36. The van der Waals surface area contributed by atoms with Crippen molar-refractivity contribution in [3.05, 3.63) is 36.8 Å². The van der Waals surface area contributed by atoms with Gasteiger partial charge in [-0.1, -0.05) is 13.8 Å². The van der Waals surface area contributed by atoms with Gasteiger partial charge >= 0.3 is 0 Å². The van der Waals surface area contributed by atoms with Gasteiger partial charge in [-0.05, 0) is 36.9 Å². The van der Waals surface area contributed by atoms with Gasteiger partial charge in [0.05, 0.1) is 5.69 Å². The maximum Gasteiger partial charge on any atom is 0.149 e. The number of aromatic nitrogens is 2. The van der Waals surface area contributed by atoms with Crippen LogP contribution in [0.3, 0.4) is 0 Å². The zero-order valence-electron chi connectivity index (χ0n) is 13.2. The van der Waals surface area contributed by atoms with Crippen LogP contribution in [0.15, 0.2) is 36.8 Å². The van der Waals surface area contributed by atoms with E-state index in [-0.39, 0.29) is 5.48 Å². The molecular weight excluding hydrogens is 278 g/mol. The molecule has 2 rings (SSSR count). The topological polar surface area (TPSA) is 98.6 Å². The Morgan fingerprint density at radius 3 is 2.41 bits per heavy atom. The zero-order chi connectivity index (χ0) is 15.1. The van der Waals surface area contributed by atoms with Gasteiger partial charge in [-0.3, -0.25) is 4.98 Å². The molecule has 0 aliphatic carbocycles. The maximum atomic E-state index is 6.09. The number of nitrogens with zero attached hydrogens (tertiary/aromatic N) is 3. The average molecular weight is 303 g/mol. The third-order valence-corrected chi connectivity index (χ3v) is 3.55. The molecular formula is C16H25N5O. The van der Waals surface area contributed by atoms with Crippen molar-refractivity contribution in [3.8, 4) is 11.1 Å². The molecule has 6 heteroatoms. The minimum atomic E-state index is 0. The molecule has 2 aromatic rings. The molecule has 0 spiro atoms. The number of nitrogen functional groups attached to an aromatic ring is 1. The van der Waals surface area contributed by atoms with E-state index < -0.39 is 0 Å². The summed E-state index contributed by atoms with van der Waals surface area (Å²) in [6.07, 6.45) is 5.37. The van der Waals surface area contributed by atoms with Crippen molar-refractivity contribution in [2.75, 3.05) is 37.2 Å². The zero-order valence-corrected chi connectivity index (χ0v) is 13.2. The van der Waals surface area contributed by atoms with Crippen LogP contribution in [0.5, 0.6) is 0 Å². The second kappa shape index (κ2) is 8.96. The molecule has 2 heterocycles. The van der Waals surface area contributed by atoms with Crippen molar-refractivity contribution in [2.45, 2.75) is 13.8 Å². The normalized spacial score (nSPS) is 10.3.